The van der Waals surface area contributed by atoms with Crippen LogP contribution in [0.2, 0.25) is 0 Å². The molecule has 0 bridgehead atoms. The van der Waals surface area contributed by atoms with Crippen LogP contribution in [0, 0.1) is 24.2 Å². The molecule has 1 aliphatic carbocycles. The number of carbonyl (C=O) groups is 2. The molecular formula is C26H24N4O2. The molecule has 6 heteroatoms. The van der Waals surface area contributed by atoms with Gasteiger partial charge in [-0.25, -0.2) is 4.79 Å². The standard InChI is InChI=1S/C26H24N4O2/c1-2-17-8-9-19-6-3-7-20(22(19)11-17)15-29-26(32)30-16-21-12-23(21)24(30)25(31)28-14-18-5-4-10-27-13-18/h1,3-11,13,21,23-24H,12,14-16H2,(H,28,31)(H,29,32)/t21-,23-,24+/m1/s1. The summed E-state index contributed by atoms with van der Waals surface area (Å²) < 4.78 is 0. The van der Waals surface area contributed by atoms with E-state index in [0.29, 0.717) is 25.6 Å². The first-order valence-corrected chi connectivity index (χ1v) is 10.8. The van der Waals surface area contributed by atoms with Gasteiger partial charge in [-0.2, -0.15) is 0 Å². The van der Waals surface area contributed by atoms with Crippen molar-refractivity contribution in [2.75, 3.05) is 6.54 Å². The molecule has 3 aromatic rings. The molecule has 160 valence electrons. The Hall–Kier alpha value is -3.85. The van der Waals surface area contributed by atoms with Gasteiger partial charge in [0.05, 0.1) is 0 Å². The fraction of sp³-hybridized carbons (Fsp3) is 0.269. The molecule has 1 saturated carbocycles. The average Bonchev–Trinajstić information content (AvgIpc) is 3.50. The molecule has 2 heterocycles. The Morgan fingerprint density at radius 1 is 1.12 bits per heavy atom. The lowest BCUT2D eigenvalue weighted by atomic mass is 10.0. The number of nitrogens with zero attached hydrogens (tertiary/aromatic N) is 2. The summed E-state index contributed by atoms with van der Waals surface area (Å²) in [4.78, 5) is 31.7. The fourth-order valence-electron chi connectivity index (χ4n) is 4.66. The number of fused-ring (bicyclic) bond motifs is 2. The number of piperidine rings is 1. The highest BCUT2D eigenvalue weighted by Gasteiger charge is 2.56. The molecule has 0 unspecified atom stereocenters. The highest BCUT2D eigenvalue weighted by Crippen LogP contribution is 2.49. The predicted molar refractivity (Wildman–Crippen MR) is 122 cm³/mol. The Bertz CT molecular complexity index is 1220. The van der Waals surface area contributed by atoms with Crippen LogP contribution in [0.15, 0.2) is 60.9 Å². The zero-order chi connectivity index (χ0) is 22.1. The molecule has 1 aromatic heterocycles. The average molecular weight is 425 g/mol. The lowest BCUT2D eigenvalue weighted by molar-refractivity contribution is -0.125. The van der Waals surface area contributed by atoms with Crippen molar-refractivity contribution >= 4 is 22.7 Å². The van der Waals surface area contributed by atoms with Crippen molar-refractivity contribution in [1.82, 2.24) is 20.5 Å². The molecule has 2 aliphatic rings. The van der Waals surface area contributed by atoms with Crippen LogP contribution >= 0.6 is 0 Å². The van der Waals surface area contributed by atoms with Crippen LogP contribution in [-0.4, -0.2) is 34.4 Å². The monoisotopic (exact) mass is 424 g/mol. The molecule has 5 rings (SSSR count). The van der Waals surface area contributed by atoms with Gasteiger partial charge in [0.2, 0.25) is 5.91 Å². The minimum absolute atomic E-state index is 0.0992. The zero-order valence-corrected chi connectivity index (χ0v) is 17.6. The first-order chi connectivity index (χ1) is 15.6. The number of amides is 3. The quantitative estimate of drug-likeness (QED) is 0.619. The largest absolute Gasteiger partial charge is 0.350 e. The van der Waals surface area contributed by atoms with Gasteiger partial charge in [-0.1, -0.05) is 36.3 Å². The Balaban J connectivity index is 1.26. The van der Waals surface area contributed by atoms with Crippen molar-refractivity contribution in [2.24, 2.45) is 11.8 Å². The van der Waals surface area contributed by atoms with Crippen molar-refractivity contribution in [2.45, 2.75) is 25.6 Å². The van der Waals surface area contributed by atoms with E-state index in [4.69, 9.17) is 6.42 Å². The summed E-state index contributed by atoms with van der Waals surface area (Å²) in [5.41, 5.74) is 2.74. The van der Waals surface area contributed by atoms with Gasteiger partial charge < -0.3 is 15.5 Å². The van der Waals surface area contributed by atoms with E-state index in [2.05, 4.69) is 21.5 Å². The summed E-state index contributed by atoms with van der Waals surface area (Å²) in [5, 5.41) is 8.09. The summed E-state index contributed by atoms with van der Waals surface area (Å²) in [6.07, 6.45) is 9.99. The van der Waals surface area contributed by atoms with Crippen molar-refractivity contribution in [3.63, 3.8) is 0 Å². The molecule has 6 nitrogen and oxygen atoms in total. The van der Waals surface area contributed by atoms with Crippen LogP contribution < -0.4 is 10.6 Å². The smallest absolute Gasteiger partial charge is 0.318 e. The number of urea groups is 1. The minimum atomic E-state index is -0.419. The normalized spacial score (nSPS) is 21.0. The maximum atomic E-state index is 13.0. The minimum Gasteiger partial charge on any atom is -0.350 e. The summed E-state index contributed by atoms with van der Waals surface area (Å²) >= 11 is 0. The number of nitrogens with one attached hydrogen (secondary N) is 2. The number of benzene rings is 2. The maximum Gasteiger partial charge on any atom is 0.318 e. The van der Waals surface area contributed by atoms with Gasteiger partial charge in [0.1, 0.15) is 6.04 Å². The third kappa shape index (κ3) is 3.90. The summed E-state index contributed by atoms with van der Waals surface area (Å²) in [7, 11) is 0. The van der Waals surface area contributed by atoms with E-state index in [1.54, 1.807) is 17.3 Å². The molecule has 0 radical (unpaired) electrons. The summed E-state index contributed by atoms with van der Waals surface area (Å²) in [6, 6.07) is 15.0. The number of hydrogen-bond acceptors (Lipinski definition) is 3. The fourth-order valence-corrected chi connectivity index (χ4v) is 4.66. The second-order valence-corrected chi connectivity index (χ2v) is 8.49. The molecule has 2 aromatic carbocycles. The van der Waals surface area contributed by atoms with E-state index in [-0.39, 0.29) is 17.9 Å². The van der Waals surface area contributed by atoms with Crippen LogP contribution in [0.1, 0.15) is 23.1 Å². The number of aromatic nitrogens is 1. The first-order valence-electron chi connectivity index (χ1n) is 10.8. The van der Waals surface area contributed by atoms with Gasteiger partial charge in [0.25, 0.3) is 0 Å². The van der Waals surface area contributed by atoms with Crippen molar-refractivity contribution in [3.05, 3.63) is 77.6 Å². The third-order valence-corrected chi connectivity index (χ3v) is 6.44. The lowest BCUT2D eigenvalue weighted by Gasteiger charge is -2.27. The van der Waals surface area contributed by atoms with Crippen molar-refractivity contribution in [1.29, 1.82) is 0 Å². The van der Waals surface area contributed by atoms with E-state index in [0.717, 1.165) is 33.9 Å². The molecule has 3 atom stereocenters. The highest BCUT2D eigenvalue weighted by molar-refractivity contribution is 5.90. The Kier molecular flexibility index (Phi) is 5.24. The molecule has 1 saturated heterocycles. The molecule has 2 fully saturated rings. The second-order valence-electron chi connectivity index (χ2n) is 8.49. The van der Waals surface area contributed by atoms with Crippen LogP contribution in [0.25, 0.3) is 10.8 Å². The number of pyridine rings is 1. The number of carbonyl (C=O) groups excluding carboxylic acids is 2. The molecule has 2 N–H and O–H groups in total. The third-order valence-electron chi connectivity index (χ3n) is 6.44. The molecule has 1 aliphatic heterocycles. The van der Waals surface area contributed by atoms with Crippen LogP contribution in [0.4, 0.5) is 4.79 Å². The SMILES string of the molecule is C#Cc1ccc2cccc(CNC(=O)N3C[C@H]4C[C@H]4[C@H]3C(=O)NCc3cccnc3)c2c1. The first kappa shape index (κ1) is 20.1. The molecule has 3 amide bonds. The Morgan fingerprint density at radius 2 is 2.03 bits per heavy atom. The number of hydrogen-bond donors (Lipinski definition) is 2. The van der Waals surface area contributed by atoms with E-state index >= 15 is 0 Å². The van der Waals surface area contributed by atoms with Gasteiger partial charge in [-0.15, -0.1) is 6.42 Å². The lowest BCUT2D eigenvalue weighted by Crippen LogP contribution is -2.51. The number of likely N-dealkylation sites (tertiary alicyclic amines) is 1. The van der Waals surface area contributed by atoms with Crippen LogP contribution in [0.3, 0.4) is 0 Å². The number of rotatable bonds is 5. The van der Waals surface area contributed by atoms with Gasteiger partial charge in [-0.3, -0.25) is 9.78 Å². The maximum absolute atomic E-state index is 13.0. The van der Waals surface area contributed by atoms with Crippen LogP contribution in [0.5, 0.6) is 0 Å². The van der Waals surface area contributed by atoms with E-state index in [1.807, 2.05) is 48.5 Å². The molecular weight excluding hydrogens is 400 g/mol. The van der Waals surface area contributed by atoms with Gasteiger partial charge in [0, 0.05) is 37.6 Å². The zero-order valence-electron chi connectivity index (χ0n) is 17.6. The number of terminal acetylenes is 1. The Labute approximate surface area is 187 Å². The van der Waals surface area contributed by atoms with Crippen molar-refractivity contribution in [3.8, 4) is 12.3 Å². The van der Waals surface area contributed by atoms with E-state index < -0.39 is 6.04 Å². The van der Waals surface area contributed by atoms with Gasteiger partial charge in [0.15, 0.2) is 0 Å². The predicted octanol–water partition coefficient (Wildman–Crippen LogP) is 3.06. The molecule has 32 heavy (non-hydrogen) atoms. The summed E-state index contributed by atoms with van der Waals surface area (Å²) in [5.74, 6) is 3.24. The highest BCUT2D eigenvalue weighted by atomic mass is 16.2. The second kappa shape index (κ2) is 8.35. The van der Waals surface area contributed by atoms with E-state index in [1.165, 1.54) is 0 Å². The van der Waals surface area contributed by atoms with Gasteiger partial charge >= 0.3 is 6.03 Å². The topological polar surface area (TPSA) is 74.3 Å². The van der Waals surface area contributed by atoms with Crippen LogP contribution in [-0.2, 0) is 17.9 Å². The van der Waals surface area contributed by atoms with Crippen molar-refractivity contribution < 1.29 is 9.59 Å². The Morgan fingerprint density at radius 3 is 2.84 bits per heavy atom. The summed E-state index contributed by atoms with van der Waals surface area (Å²) in [6.45, 7) is 1.40. The molecule has 0 spiro atoms. The van der Waals surface area contributed by atoms with E-state index in [9.17, 15) is 9.59 Å². The van der Waals surface area contributed by atoms with Gasteiger partial charge in [-0.05, 0) is 58.4 Å².